The van der Waals surface area contributed by atoms with Crippen LogP contribution in [0.5, 0.6) is 0 Å². The van der Waals surface area contributed by atoms with Gasteiger partial charge in [-0.3, -0.25) is 4.79 Å². The predicted molar refractivity (Wildman–Crippen MR) is 105 cm³/mol. The van der Waals surface area contributed by atoms with Gasteiger partial charge >= 0.3 is 0 Å². The van der Waals surface area contributed by atoms with Gasteiger partial charge in [0.15, 0.2) is 0 Å². The summed E-state index contributed by atoms with van der Waals surface area (Å²) in [5, 5.41) is 3.15. The van der Waals surface area contributed by atoms with Crippen molar-refractivity contribution in [3.8, 4) is 0 Å². The van der Waals surface area contributed by atoms with Crippen molar-refractivity contribution in [2.75, 3.05) is 11.1 Å². The molecule has 0 bridgehead atoms. The summed E-state index contributed by atoms with van der Waals surface area (Å²) in [6, 6.07) is 7.32. The maximum atomic E-state index is 12.4. The van der Waals surface area contributed by atoms with Gasteiger partial charge in [-0.15, -0.1) is 12.6 Å². The fourth-order valence-electron chi connectivity index (χ4n) is 4.23. The standard InChI is InChI=1S/C15H18N2O.C6H4F2S/c16-10-7-11(9-3-4-9)13-12(8-10)15(14(18)17-13)5-1-2-6-15;7-4-1-2-6(9)5(8)3-4/h7-9H,1-6,16H2,(H,17,18);1-3,9H. The molecule has 0 aromatic heterocycles. The Bertz CT molecular complexity index is 905. The average Bonchev–Trinajstić information content (AvgIpc) is 3.29. The van der Waals surface area contributed by atoms with Crippen LogP contribution in [0.25, 0.3) is 0 Å². The lowest BCUT2D eigenvalue weighted by molar-refractivity contribution is -0.120. The number of halogens is 2. The molecule has 1 amide bonds. The zero-order valence-electron chi connectivity index (χ0n) is 14.9. The van der Waals surface area contributed by atoms with Crippen LogP contribution in [0.3, 0.4) is 0 Å². The average molecular weight is 388 g/mol. The minimum Gasteiger partial charge on any atom is -0.399 e. The number of hydrogen-bond acceptors (Lipinski definition) is 3. The van der Waals surface area contributed by atoms with Gasteiger partial charge in [-0.1, -0.05) is 12.8 Å². The molecule has 2 aromatic carbocycles. The summed E-state index contributed by atoms with van der Waals surface area (Å²) in [6.07, 6.45) is 6.75. The first-order chi connectivity index (χ1) is 12.9. The van der Waals surface area contributed by atoms with E-state index in [-0.39, 0.29) is 16.2 Å². The minimum absolute atomic E-state index is 0.163. The number of thiol groups is 1. The number of nitrogens with one attached hydrogen (secondary N) is 1. The highest BCUT2D eigenvalue weighted by atomic mass is 32.1. The molecule has 27 heavy (non-hydrogen) atoms. The van der Waals surface area contributed by atoms with Gasteiger partial charge in [0, 0.05) is 22.3 Å². The zero-order valence-corrected chi connectivity index (χ0v) is 15.8. The van der Waals surface area contributed by atoms with Crippen LogP contribution in [0.15, 0.2) is 35.2 Å². The smallest absolute Gasteiger partial charge is 0.235 e. The Morgan fingerprint density at radius 2 is 1.81 bits per heavy atom. The first-order valence-corrected chi connectivity index (χ1v) is 9.75. The van der Waals surface area contributed by atoms with Gasteiger partial charge in [-0.25, -0.2) is 8.78 Å². The zero-order chi connectivity index (χ0) is 19.2. The van der Waals surface area contributed by atoms with Crippen molar-refractivity contribution in [1.29, 1.82) is 0 Å². The Balaban J connectivity index is 0.000000170. The molecule has 2 saturated carbocycles. The van der Waals surface area contributed by atoms with Crippen LogP contribution >= 0.6 is 12.6 Å². The van der Waals surface area contributed by atoms with E-state index in [2.05, 4.69) is 24.0 Å². The topological polar surface area (TPSA) is 55.1 Å². The molecule has 3 N–H and O–H groups in total. The summed E-state index contributed by atoms with van der Waals surface area (Å²) in [4.78, 5) is 12.6. The van der Waals surface area contributed by atoms with Crippen molar-refractivity contribution < 1.29 is 13.6 Å². The Morgan fingerprint density at radius 3 is 2.41 bits per heavy atom. The van der Waals surface area contributed by atoms with E-state index in [1.165, 1.54) is 30.0 Å². The van der Waals surface area contributed by atoms with Crippen LogP contribution in [0.4, 0.5) is 20.2 Å². The third-order valence-electron chi connectivity index (χ3n) is 5.76. The summed E-state index contributed by atoms with van der Waals surface area (Å²) < 4.78 is 24.3. The molecule has 3 aliphatic rings. The molecule has 1 heterocycles. The van der Waals surface area contributed by atoms with Crippen molar-refractivity contribution >= 4 is 29.9 Å². The second-order valence-corrected chi connectivity index (χ2v) is 8.13. The molecule has 0 unspecified atom stereocenters. The van der Waals surface area contributed by atoms with Gasteiger partial charge in [0.2, 0.25) is 5.91 Å². The summed E-state index contributed by atoms with van der Waals surface area (Å²) >= 11 is 3.70. The van der Waals surface area contributed by atoms with Crippen molar-refractivity contribution in [3.05, 3.63) is 53.1 Å². The van der Waals surface area contributed by atoms with Crippen LogP contribution in [0.1, 0.15) is 55.6 Å². The van der Waals surface area contributed by atoms with Crippen molar-refractivity contribution in [2.45, 2.75) is 54.8 Å². The van der Waals surface area contributed by atoms with E-state index in [0.717, 1.165) is 49.2 Å². The Labute approximate surface area is 162 Å². The molecule has 2 aromatic rings. The monoisotopic (exact) mass is 388 g/mol. The van der Waals surface area contributed by atoms with Crippen LogP contribution in [-0.4, -0.2) is 5.91 Å². The minimum atomic E-state index is -0.627. The van der Waals surface area contributed by atoms with E-state index >= 15 is 0 Å². The van der Waals surface area contributed by atoms with Crippen molar-refractivity contribution in [1.82, 2.24) is 0 Å². The van der Waals surface area contributed by atoms with Gasteiger partial charge in [0.05, 0.1) is 5.41 Å². The number of nitrogen functional groups attached to an aromatic ring is 1. The molecule has 0 saturated heterocycles. The van der Waals surface area contributed by atoms with Gasteiger partial charge < -0.3 is 11.1 Å². The number of nitrogens with two attached hydrogens (primary N) is 1. The van der Waals surface area contributed by atoms with Gasteiger partial charge in [0.25, 0.3) is 0 Å². The highest BCUT2D eigenvalue weighted by Crippen LogP contribution is 2.54. The number of rotatable bonds is 1. The normalized spacial score (nSPS) is 19.4. The molecule has 5 rings (SSSR count). The fourth-order valence-corrected chi connectivity index (χ4v) is 4.37. The van der Waals surface area contributed by atoms with Crippen LogP contribution in [-0.2, 0) is 10.2 Å². The highest BCUT2D eigenvalue weighted by molar-refractivity contribution is 7.80. The molecule has 3 nitrogen and oxygen atoms in total. The Hall–Kier alpha value is -2.08. The van der Waals surface area contributed by atoms with Gasteiger partial charge in [-0.2, -0.15) is 0 Å². The summed E-state index contributed by atoms with van der Waals surface area (Å²) in [5.74, 6) is -0.370. The SMILES string of the molecule is Fc1ccc(S)c(F)c1.Nc1cc(C2CC2)c2c(c1)C1(CCCC1)C(=O)N2. The Morgan fingerprint density at radius 1 is 1.11 bits per heavy atom. The largest absolute Gasteiger partial charge is 0.399 e. The highest BCUT2D eigenvalue weighted by Gasteiger charge is 2.50. The lowest BCUT2D eigenvalue weighted by Gasteiger charge is -2.21. The van der Waals surface area contributed by atoms with Crippen LogP contribution < -0.4 is 11.1 Å². The fraction of sp³-hybridized carbons (Fsp3) is 0.381. The van der Waals surface area contributed by atoms with Crippen molar-refractivity contribution in [3.63, 3.8) is 0 Å². The number of carbonyl (C=O) groups excluding carboxylic acids is 1. The molecule has 1 spiro atoms. The number of benzene rings is 2. The Kier molecular flexibility index (Phi) is 4.62. The summed E-state index contributed by atoms with van der Waals surface area (Å²) in [7, 11) is 0. The maximum Gasteiger partial charge on any atom is 0.235 e. The van der Waals surface area contributed by atoms with E-state index in [1.807, 2.05) is 6.07 Å². The van der Waals surface area contributed by atoms with Gasteiger partial charge in [-0.05, 0) is 67.0 Å². The van der Waals surface area contributed by atoms with E-state index in [1.54, 1.807) is 0 Å². The second kappa shape index (κ2) is 6.82. The number of anilines is 2. The number of hydrogen-bond donors (Lipinski definition) is 3. The molecule has 142 valence electrons. The lowest BCUT2D eigenvalue weighted by Crippen LogP contribution is -2.30. The van der Waals surface area contributed by atoms with Crippen molar-refractivity contribution in [2.24, 2.45) is 0 Å². The predicted octanol–water partition coefficient (Wildman–Crippen LogP) is 5.16. The molecule has 6 heteroatoms. The van der Waals surface area contributed by atoms with E-state index < -0.39 is 11.6 Å². The molecule has 2 fully saturated rings. The number of carbonyl (C=O) groups is 1. The van der Waals surface area contributed by atoms with Gasteiger partial charge in [0.1, 0.15) is 11.6 Å². The molecule has 0 atom stereocenters. The molecule has 2 aliphatic carbocycles. The second-order valence-electron chi connectivity index (χ2n) is 7.65. The maximum absolute atomic E-state index is 12.4. The third-order valence-corrected chi connectivity index (χ3v) is 6.13. The first-order valence-electron chi connectivity index (χ1n) is 9.30. The molecular formula is C21H22F2N2OS. The molecule has 1 aliphatic heterocycles. The summed E-state index contributed by atoms with van der Waals surface area (Å²) in [6.45, 7) is 0. The molecular weight excluding hydrogens is 366 g/mol. The van der Waals surface area contributed by atoms with Crippen LogP contribution in [0, 0.1) is 11.6 Å². The third kappa shape index (κ3) is 3.31. The number of amides is 1. The number of fused-ring (bicyclic) bond motifs is 2. The first kappa shape index (κ1) is 18.3. The van der Waals surface area contributed by atoms with E-state index in [9.17, 15) is 13.6 Å². The van der Waals surface area contributed by atoms with Crippen LogP contribution in [0.2, 0.25) is 0 Å². The lowest BCUT2D eigenvalue weighted by atomic mass is 9.79. The quantitative estimate of drug-likeness (QED) is 0.467. The van der Waals surface area contributed by atoms with E-state index in [0.29, 0.717) is 5.92 Å². The summed E-state index contributed by atoms with van der Waals surface area (Å²) in [5.41, 5.74) is 10.2. The molecule has 0 radical (unpaired) electrons. The van der Waals surface area contributed by atoms with E-state index in [4.69, 9.17) is 5.73 Å².